The summed E-state index contributed by atoms with van der Waals surface area (Å²) in [4.78, 5) is 2.85. The minimum atomic E-state index is 0.558. The third-order valence-electron chi connectivity index (χ3n) is 2.90. The summed E-state index contributed by atoms with van der Waals surface area (Å²) in [6, 6.07) is 10.3. The Labute approximate surface area is 126 Å². The monoisotopic (exact) mass is 296 g/mol. The molecule has 1 aromatic rings. The molecule has 0 atom stereocenters. The van der Waals surface area contributed by atoms with Crippen molar-refractivity contribution in [3.05, 3.63) is 30.3 Å². The Morgan fingerprint density at radius 1 is 1.15 bits per heavy atom. The van der Waals surface area contributed by atoms with Gasteiger partial charge in [-0.3, -0.25) is 0 Å². The molecule has 0 saturated carbocycles. The van der Waals surface area contributed by atoms with Crippen LogP contribution in [-0.2, 0) is 9.47 Å². The van der Waals surface area contributed by atoms with Crippen molar-refractivity contribution in [2.24, 2.45) is 5.73 Å². The number of nitrogens with two attached hydrogens (primary N) is 1. The number of rotatable bonds is 11. The molecule has 0 amide bonds. The SMILES string of the molecule is COCCOCCCN(CCC(N)=S)c1ccccc1. The lowest BCUT2D eigenvalue weighted by atomic mass is 10.2. The standard InChI is InChI=1S/C15H24N2O2S/c1-18-12-13-19-11-5-9-17(10-8-15(16)20)14-6-3-2-4-7-14/h2-4,6-7H,5,8-13H2,1H3,(H2,16,20). The van der Waals surface area contributed by atoms with E-state index in [-0.39, 0.29) is 0 Å². The van der Waals surface area contributed by atoms with E-state index in [4.69, 9.17) is 27.4 Å². The van der Waals surface area contributed by atoms with Crippen LogP contribution >= 0.6 is 12.2 Å². The minimum Gasteiger partial charge on any atom is -0.393 e. The maximum Gasteiger partial charge on any atom is 0.0745 e. The molecule has 0 fully saturated rings. The van der Waals surface area contributed by atoms with Crippen molar-refractivity contribution in [2.45, 2.75) is 12.8 Å². The van der Waals surface area contributed by atoms with Gasteiger partial charge in [-0.25, -0.2) is 0 Å². The number of nitrogens with zero attached hydrogens (tertiary/aromatic N) is 1. The van der Waals surface area contributed by atoms with Crippen molar-refractivity contribution in [2.75, 3.05) is 44.9 Å². The van der Waals surface area contributed by atoms with Gasteiger partial charge in [0.15, 0.2) is 0 Å². The van der Waals surface area contributed by atoms with Crippen molar-refractivity contribution < 1.29 is 9.47 Å². The maximum absolute atomic E-state index is 5.59. The summed E-state index contributed by atoms with van der Waals surface area (Å²) >= 11 is 4.96. The molecule has 1 aromatic carbocycles. The van der Waals surface area contributed by atoms with Gasteiger partial charge < -0.3 is 20.1 Å². The van der Waals surface area contributed by atoms with Crippen LogP contribution in [0.3, 0.4) is 0 Å². The predicted molar refractivity (Wildman–Crippen MR) is 87.4 cm³/mol. The normalized spacial score (nSPS) is 10.4. The second-order valence-corrected chi connectivity index (χ2v) is 5.02. The zero-order chi connectivity index (χ0) is 14.6. The number of benzene rings is 1. The molecule has 0 saturated heterocycles. The van der Waals surface area contributed by atoms with Crippen LogP contribution in [0.1, 0.15) is 12.8 Å². The summed E-state index contributed by atoms with van der Waals surface area (Å²) in [6.45, 7) is 3.80. The molecule has 0 heterocycles. The first kappa shape index (κ1) is 16.9. The number of methoxy groups -OCH3 is 1. The Morgan fingerprint density at radius 3 is 2.55 bits per heavy atom. The molecule has 0 aliphatic heterocycles. The maximum atomic E-state index is 5.59. The predicted octanol–water partition coefficient (Wildman–Crippen LogP) is 2.22. The van der Waals surface area contributed by atoms with E-state index in [1.165, 1.54) is 5.69 Å². The lowest BCUT2D eigenvalue weighted by Gasteiger charge is -2.24. The van der Waals surface area contributed by atoms with Crippen LogP contribution in [0.4, 0.5) is 5.69 Å². The molecule has 20 heavy (non-hydrogen) atoms. The molecule has 0 spiro atoms. The van der Waals surface area contributed by atoms with Crippen LogP contribution in [0.2, 0.25) is 0 Å². The van der Waals surface area contributed by atoms with Crippen molar-refractivity contribution in [3.8, 4) is 0 Å². The van der Waals surface area contributed by atoms with Gasteiger partial charge in [0, 0.05) is 38.9 Å². The molecule has 0 aliphatic carbocycles. The Bertz CT molecular complexity index is 373. The fraction of sp³-hybridized carbons (Fsp3) is 0.533. The van der Waals surface area contributed by atoms with Gasteiger partial charge in [0.2, 0.25) is 0 Å². The summed E-state index contributed by atoms with van der Waals surface area (Å²) in [5, 5.41) is 0. The molecule has 112 valence electrons. The third-order valence-corrected chi connectivity index (χ3v) is 3.10. The largest absolute Gasteiger partial charge is 0.393 e. The first-order valence-electron chi connectivity index (χ1n) is 6.89. The van der Waals surface area contributed by atoms with E-state index in [0.717, 1.165) is 32.5 Å². The first-order chi connectivity index (χ1) is 9.74. The highest BCUT2D eigenvalue weighted by molar-refractivity contribution is 7.80. The van der Waals surface area contributed by atoms with E-state index in [9.17, 15) is 0 Å². The minimum absolute atomic E-state index is 0.558. The van der Waals surface area contributed by atoms with Crippen LogP contribution in [0.15, 0.2) is 30.3 Å². The molecule has 0 aromatic heterocycles. The van der Waals surface area contributed by atoms with Crippen LogP contribution in [0.5, 0.6) is 0 Å². The van der Waals surface area contributed by atoms with E-state index in [1.54, 1.807) is 7.11 Å². The highest BCUT2D eigenvalue weighted by atomic mass is 32.1. The van der Waals surface area contributed by atoms with E-state index >= 15 is 0 Å². The first-order valence-corrected chi connectivity index (χ1v) is 7.30. The number of thiocarbonyl (C=S) groups is 1. The summed E-state index contributed by atoms with van der Waals surface area (Å²) in [6.07, 6.45) is 1.70. The summed E-state index contributed by atoms with van der Waals surface area (Å²) in [5.74, 6) is 0. The number of hydrogen-bond acceptors (Lipinski definition) is 4. The van der Waals surface area contributed by atoms with Gasteiger partial charge in [-0.1, -0.05) is 30.4 Å². The average molecular weight is 296 g/mol. The van der Waals surface area contributed by atoms with Gasteiger partial charge in [-0.2, -0.15) is 0 Å². The fourth-order valence-corrected chi connectivity index (χ4v) is 1.95. The van der Waals surface area contributed by atoms with Crippen LogP contribution in [0, 0.1) is 0 Å². The van der Waals surface area contributed by atoms with Crippen molar-refractivity contribution in [3.63, 3.8) is 0 Å². The molecule has 1 rings (SSSR count). The number of para-hydroxylation sites is 1. The molecular formula is C15H24N2O2S. The van der Waals surface area contributed by atoms with Crippen LogP contribution in [-0.4, -0.2) is 45.0 Å². The van der Waals surface area contributed by atoms with Gasteiger partial charge in [0.1, 0.15) is 0 Å². The molecule has 0 bridgehead atoms. The smallest absolute Gasteiger partial charge is 0.0745 e. The summed E-state index contributed by atoms with van der Waals surface area (Å²) in [5.41, 5.74) is 6.79. The van der Waals surface area contributed by atoms with Gasteiger partial charge >= 0.3 is 0 Å². The van der Waals surface area contributed by atoms with Gasteiger partial charge in [-0.05, 0) is 18.6 Å². The molecular weight excluding hydrogens is 272 g/mol. The zero-order valence-electron chi connectivity index (χ0n) is 12.1. The molecule has 2 N–H and O–H groups in total. The Balaban J connectivity index is 2.37. The van der Waals surface area contributed by atoms with Crippen LogP contribution < -0.4 is 10.6 Å². The second kappa shape index (κ2) is 10.6. The Hall–Kier alpha value is -1.17. The van der Waals surface area contributed by atoms with E-state index in [2.05, 4.69) is 17.0 Å². The zero-order valence-corrected chi connectivity index (χ0v) is 12.9. The molecule has 0 radical (unpaired) electrons. The fourth-order valence-electron chi connectivity index (χ4n) is 1.86. The van der Waals surface area contributed by atoms with Crippen molar-refractivity contribution in [1.29, 1.82) is 0 Å². The lowest BCUT2D eigenvalue weighted by Crippen LogP contribution is -2.29. The van der Waals surface area contributed by atoms with E-state index < -0.39 is 0 Å². The second-order valence-electron chi connectivity index (χ2n) is 4.50. The number of anilines is 1. The topological polar surface area (TPSA) is 47.7 Å². The molecule has 4 nitrogen and oxygen atoms in total. The van der Waals surface area contributed by atoms with Gasteiger partial charge in [0.25, 0.3) is 0 Å². The highest BCUT2D eigenvalue weighted by Crippen LogP contribution is 2.14. The van der Waals surface area contributed by atoms with E-state index in [1.807, 2.05) is 18.2 Å². The molecule has 0 unspecified atom stereocenters. The lowest BCUT2D eigenvalue weighted by molar-refractivity contribution is 0.0700. The van der Waals surface area contributed by atoms with Gasteiger partial charge in [0.05, 0.1) is 18.2 Å². The number of hydrogen-bond donors (Lipinski definition) is 1. The number of ether oxygens (including phenoxy) is 2. The van der Waals surface area contributed by atoms with Crippen molar-refractivity contribution in [1.82, 2.24) is 0 Å². The Kier molecular flexibility index (Phi) is 8.95. The van der Waals surface area contributed by atoms with Crippen LogP contribution in [0.25, 0.3) is 0 Å². The highest BCUT2D eigenvalue weighted by Gasteiger charge is 2.06. The Morgan fingerprint density at radius 2 is 1.90 bits per heavy atom. The average Bonchev–Trinajstić information content (AvgIpc) is 2.46. The summed E-state index contributed by atoms with van der Waals surface area (Å²) < 4.78 is 10.4. The molecule has 5 heteroatoms. The van der Waals surface area contributed by atoms with Gasteiger partial charge in [-0.15, -0.1) is 0 Å². The quantitative estimate of drug-likeness (QED) is 0.501. The van der Waals surface area contributed by atoms with E-state index in [0.29, 0.717) is 18.2 Å². The third kappa shape index (κ3) is 7.43. The summed E-state index contributed by atoms with van der Waals surface area (Å²) in [7, 11) is 1.68. The molecule has 0 aliphatic rings. The van der Waals surface area contributed by atoms with Crippen molar-refractivity contribution >= 4 is 22.9 Å².